The second-order valence-corrected chi connectivity index (χ2v) is 6.64. The molecule has 1 aliphatic rings. The van der Waals surface area contributed by atoms with Gasteiger partial charge in [-0.25, -0.2) is 0 Å². The summed E-state index contributed by atoms with van der Waals surface area (Å²) < 4.78 is 6.53. The summed E-state index contributed by atoms with van der Waals surface area (Å²) in [5.74, 6) is 0.764. The van der Waals surface area contributed by atoms with Gasteiger partial charge in [-0.2, -0.15) is 0 Å². The van der Waals surface area contributed by atoms with E-state index in [1.54, 1.807) is 0 Å². The fourth-order valence-electron chi connectivity index (χ4n) is 2.89. The molecule has 4 nitrogen and oxygen atoms in total. The Balaban J connectivity index is 1.44. The Kier molecular flexibility index (Phi) is 5.88. The molecule has 126 valence electrons. The van der Waals surface area contributed by atoms with Gasteiger partial charge in [-0.15, -0.1) is 0 Å². The predicted octanol–water partition coefficient (Wildman–Crippen LogP) is 3.22. The van der Waals surface area contributed by atoms with Gasteiger partial charge in [0.2, 0.25) is 5.91 Å². The number of ether oxygens (including phenoxy) is 1. The van der Waals surface area contributed by atoms with Crippen LogP contribution >= 0.6 is 15.9 Å². The number of para-hydroxylation sites is 1. The lowest BCUT2D eigenvalue weighted by molar-refractivity contribution is -0.121. The van der Waals surface area contributed by atoms with Crippen LogP contribution in [0.4, 0.5) is 0 Å². The lowest BCUT2D eigenvalue weighted by Gasteiger charge is -2.27. The number of nitrogens with one attached hydrogen (secondary N) is 2. The normalized spacial score (nSPS) is 16.3. The molecule has 0 radical (unpaired) electrons. The highest BCUT2D eigenvalue weighted by Crippen LogP contribution is 2.24. The van der Waals surface area contributed by atoms with Crippen molar-refractivity contribution in [2.24, 2.45) is 0 Å². The average Bonchev–Trinajstić information content (AvgIpc) is 2.61. The number of benzene rings is 2. The van der Waals surface area contributed by atoms with Crippen LogP contribution in [0.25, 0.3) is 0 Å². The van der Waals surface area contributed by atoms with E-state index in [-0.39, 0.29) is 11.9 Å². The summed E-state index contributed by atoms with van der Waals surface area (Å²) in [5, 5.41) is 6.47. The number of carbonyl (C=O) groups excluding carboxylic acids is 1. The van der Waals surface area contributed by atoms with E-state index in [0.717, 1.165) is 23.2 Å². The topological polar surface area (TPSA) is 50.4 Å². The molecular weight excluding hydrogens is 368 g/mol. The van der Waals surface area contributed by atoms with Gasteiger partial charge < -0.3 is 15.4 Å². The maximum Gasteiger partial charge on any atom is 0.223 e. The molecule has 1 amide bonds. The molecule has 3 rings (SSSR count). The molecule has 2 N–H and O–H groups in total. The number of hydrogen-bond donors (Lipinski definition) is 2. The average molecular weight is 389 g/mol. The van der Waals surface area contributed by atoms with Gasteiger partial charge in [0.25, 0.3) is 0 Å². The van der Waals surface area contributed by atoms with Crippen molar-refractivity contribution in [3.05, 3.63) is 64.1 Å². The van der Waals surface area contributed by atoms with Crippen LogP contribution < -0.4 is 15.4 Å². The second kappa shape index (κ2) is 8.31. The monoisotopic (exact) mass is 388 g/mol. The number of halogens is 1. The molecule has 0 aliphatic carbocycles. The van der Waals surface area contributed by atoms with E-state index in [1.165, 1.54) is 11.1 Å². The maximum atomic E-state index is 12.0. The van der Waals surface area contributed by atoms with Crippen molar-refractivity contribution in [2.45, 2.75) is 18.9 Å². The van der Waals surface area contributed by atoms with Crippen molar-refractivity contribution in [3.8, 4) is 5.75 Å². The largest absolute Gasteiger partial charge is 0.492 e. The Morgan fingerprint density at radius 3 is 2.88 bits per heavy atom. The number of amides is 1. The van der Waals surface area contributed by atoms with Crippen LogP contribution in [0.2, 0.25) is 0 Å². The minimum absolute atomic E-state index is 0.00640. The van der Waals surface area contributed by atoms with Gasteiger partial charge in [0.1, 0.15) is 5.75 Å². The summed E-state index contributed by atoms with van der Waals surface area (Å²) >= 11 is 3.43. The molecule has 1 heterocycles. The van der Waals surface area contributed by atoms with E-state index in [1.807, 2.05) is 30.3 Å². The second-order valence-electron chi connectivity index (χ2n) is 5.79. The summed E-state index contributed by atoms with van der Waals surface area (Å²) in [6, 6.07) is 16.2. The highest BCUT2D eigenvalue weighted by atomic mass is 79.9. The summed E-state index contributed by atoms with van der Waals surface area (Å²) in [6.07, 6.45) is 1.39. The van der Waals surface area contributed by atoms with Crippen molar-refractivity contribution < 1.29 is 9.53 Å². The Hall–Kier alpha value is -1.85. The molecule has 0 bridgehead atoms. The van der Waals surface area contributed by atoms with Crippen LogP contribution in [0, 0.1) is 0 Å². The van der Waals surface area contributed by atoms with Gasteiger partial charge in [0.05, 0.1) is 17.5 Å². The third kappa shape index (κ3) is 4.36. The first-order valence-corrected chi connectivity index (χ1v) is 8.98. The first-order chi connectivity index (χ1) is 11.7. The zero-order chi connectivity index (χ0) is 16.8. The van der Waals surface area contributed by atoms with Gasteiger partial charge >= 0.3 is 0 Å². The van der Waals surface area contributed by atoms with E-state index >= 15 is 0 Å². The van der Waals surface area contributed by atoms with Gasteiger partial charge in [0.15, 0.2) is 0 Å². The lowest BCUT2D eigenvalue weighted by atomic mass is 9.94. The number of hydrogen-bond acceptors (Lipinski definition) is 3. The maximum absolute atomic E-state index is 12.0. The van der Waals surface area contributed by atoms with E-state index in [4.69, 9.17) is 4.74 Å². The Morgan fingerprint density at radius 2 is 2.00 bits per heavy atom. The van der Waals surface area contributed by atoms with E-state index in [9.17, 15) is 4.79 Å². The van der Waals surface area contributed by atoms with Gasteiger partial charge in [-0.1, -0.05) is 36.4 Å². The van der Waals surface area contributed by atoms with Crippen LogP contribution in [0.1, 0.15) is 23.6 Å². The fraction of sp³-hybridized carbons (Fsp3) is 0.316. The van der Waals surface area contributed by atoms with Gasteiger partial charge in [0, 0.05) is 12.6 Å². The highest BCUT2D eigenvalue weighted by molar-refractivity contribution is 9.10. The number of rotatable bonds is 6. The predicted molar refractivity (Wildman–Crippen MR) is 98.2 cm³/mol. The molecule has 0 saturated heterocycles. The van der Waals surface area contributed by atoms with Crippen LogP contribution in [0.3, 0.4) is 0 Å². The molecule has 0 aromatic heterocycles. The minimum Gasteiger partial charge on any atom is -0.492 e. The van der Waals surface area contributed by atoms with Crippen molar-refractivity contribution >= 4 is 21.8 Å². The van der Waals surface area contributed by atoms with Crippen LogP contribution in [-0.4, -0.2) is 25.6 Å². The molecular formula is C19H21BrN2O2. The van der Waals surface area contributed by atoms with E-state index in [2.05, 4.69) is 44.8 Å². The summed E-state index contributed by atoms with van der Waals surface area (Å²) in [5.41, 5.74) is 2.65. The number of fused-ring (bicyclic) bond motifs is 1. The summed E-state index contributed by atoms with van der Waals surface area (Å²) in [6.45, 7) is 1.91. The molecule has 1 unspecified atom stereocenters. The molecule has 2 aromatic carbocycles. The van der Waals surface area contributed by atoms with Crippen LogP contribution in [0.5, 0.6) is 5.75 Å². The standard InChI is InChI=1S/C19H21BrN2O2/c20-16-7-3-4-8-18(16)24-12-10-19(23)22-13-17-15-6-2-1-5-14(15)9-11-21-17/h1-8,17,21H,9-13H2,(H,22,23). The first kappa shape index (κ1) is 17.0. The quantitative estimate of drug-likeness (QED) is 0.798. The Morgan fingerprint density at radius 1 is 1.21 bits per heavy atom. The molecule has 1 atom stereocenters. The molecule has 1 aliphatic heterocycles. The van der Waals surface area contributed by atoms with Gasteiger partial charge in [-0.3, -0.25) is 4.79 Å². The molecule has 0 spiro atoms. The van der Waals surface area contributed by atoms with E-state index < -0.39 is 0 Å². The zero-order valence-corrected chi connectivity index (χ0v) is 15.0. The third-order valence-corrected chi connectivity index (χ3v) is 4.80. The third-order valence-electron chi connectivity index (χ3n) is 4.14. The SMILES string of the molecule is O=C(CCOc1ccccc1Br)NCC1NCCc2ccccc21. The first-order valence-electron chi connectivity index (χ1n) is 8.19. The smallest absolute Gasteiger partial charge is 0.223 e. The zero-order valence-electron chi connectivity index (χ0n) is 13.4. The van der Waals surface area contributed by atoms with Crippen LogP contribution in [0.15, 0.2) is 53.0 Å². The van der Waals surface area contributed by atoms with Crippen molar-refractivity contribution in [3.63, 3.8) is 0 Å². The van der Waals surface area contributed by atoms with Gasteiger partial charge in [-0.05, 0) is 52.2 Å². The molecule has 24 heavy (non-hydrogen) atoms. The lowest BCUT2D eigenvalue weighted by Crippen LogP contribution is -2.39. The molecule has 0 fully saturated rings. The Labute approximate surface area is 150 Å². The van der Waals surface area contributed by atoms with Crippen molar-refractivity contribution in [1.29, 1.82) is 0 Å². The molecule has 2 aromatic rings. The molecule has 0 saturated carbocycles. The van der Waals surface area contributed by atoms with E-state index in [0.29, 0.717) is 19.6 Å². The van der Waals surface area contributed by atoms with Crippen molar-refractivity contribution in [2.75, 3.05) is 19.7 Å². The summed E-state index contributed by atoms with van der Waals surface area (Å²) in [7, 11) is 0. The summed E-state index contributed by atoms with van der Waals surface area (Å²) in [4.78, 5) is 12.0. The minimum atomic E-state index is 0.00640. The number of carbonyl (C=O) groups is 1. The molecule has 5 heteroatoms. The highest BCUT2D eigenvalue weighted by Gasteiger charge is 2.19. The van der Waals surface area contributed by atoms with Crippen LogP contribution in [-0.2, 0) is 11.2 Å². The van der Waals surface area contributed by atoms with Crippen molar-refractivity contribution in [1.82, 2.24) is 10.6 Å². The fourth-order valence-corrected chi connectivity index (χ4v) is 3.29. The Bertz CT molecular complexity index is 705.